The number of methoxy groups -OCH3 is 1. The van der Waals surface area contributed by atoms with Crippen LogP contribution in [0.2, 0.25) is 5.28 Å². The molecule has 19 nitrogen and oxygen atoms in total. The molecule has 4 rings (SSSR count). The molecule has 0 saturated heterocycles. The highest BCUT2D eigenvalue weighted by molar-refractivity contribution is 7.86. The third-order valence-electron chi connectivity index (χ3n) is 6.54. The van der Waals surface area contributed by atoms with Gasteiger partial charge in [0.15, 0.2) is 5.75 Å². The number of benzene rings is 3. The zero-order chi connectivity index (χ0) is 36.5. The van der Waals surface area contributed by atoms with Gasteiger partial charge in [-0.2, -0.15) is 40.2 Å². The Balaban J connectivity index is 1.76. The number of hydrogen-bond donors (Lipinski definition) is 6. The Hall–Kier alpha value is -4.29. The summed E-state index contributed by atoms with van der Waals surface area (Å²) < 4.78 is 107. The maximum atomic E-state index is 12.4. The largest absolute Gasteiger partial charge is 0.505 e. The van der Waals surface area contributed by atoms with E-state index in [0.717, 1.165) is 30.6 Å². The van der Waals surface area contributed by atoms with E-state index >= 15 is 0 Å². The molecule has 3 aromatic carbocycles. The summed E-state index contributed by atoms with van der Waals surface area (Å²) in [6, 6.07) is 6.07. The first-order valence-corrected chi connectivity index (χ1v) is 18.4. The zero-order valence-electron chi connectivity index (χ0n) is 26.0. The highest BCUT2D eigenvalue weighted by Gasteiger charge is 2.27. The van der Waals surface area contributed by atoms with Crippen LogP contribution < -0.4 is 15.4 Å². The Morgan fingerprint density at radius 2 is 1.47 bits per heavy atom. The fraction of sp³-hybridized carbons (Fsp3) is 0.269. The van der Waals surface area contributed by atoms with Crippen LogP contribution in [0.5, 0.6) is 11.5 Å². The quantitative estimate of drug-likeness (QED) is 0.0489. The second-order valence-corrected chi connectivity index (χ2v) is 15.8. The minimum absolute atomic E-state index is 0.0245. The van der Waals surface area contributed by atoms with E-state index in [4.69, 9.17) is 16.3 Å². The number of azo groups is 1. The minimum Gasteiger partial charge on any atom is -0.505 e. The fourth-order valence-electron chi connectivity index (χ4n) is 4.37. The van der Waals surface area contributed by atoms with E-state index in [1.807, 2.05) is 0 Å². The van der Waals surface area contributed by atoms with Crippen LogP contribution in [0.4, 0.5) is 29.0 Å². The van der Waals surface area contributed by atoms with Gasteiger partial charge >= 0.3 is 0 Å². The van der Waals surface area contributed by atoms with Gasteiger partial charge in [0.25, 0.3) is 30.4 Å². The van der Waals surface area contributed by atoms with Gasteiger partial charge in [0.05, 0.1) is 34.8 Å². The maximum absolute atomic E-state index is 12.4. The van der Waals surface area contributed by atoms with Crippen molar-refractivity contribution in [3.05, 3.63) is 41.7 Å². The van der Waals surface area contributed by atoms with Gasteiger partial charge in [0, 0.05) is 30.1 Å². The van der Waals surface area contributed by atoms with E-state index in [1.54, 1.807) is 0 Å². The molecule has 49 heavy (non-hydrogen) atoms. The molecule has 0 unspecified atom stereocenters. The highest BCUT2D eigenvalue weighted by atomic mass is 35.5. The van der Waals surface area contributed by atoms with Gasteiger partial charge in [-0.15, -0.1) is 10.2 Å². The van der Waals surface area contributed by atoms with Crippen molar-refractivity contribution < 1.29 is 53.2 Å². The number of ether oxygens (including phenoxy) is 1. The second-order valence-electron chi connectivity index (χ2n) is 11.3. The predicted molar refractivity (Wildman–Crippen MR) is 176 cm³/mol. The third-order valence-corrected chi connectivity index (χ3v) is 9.33. The van der Waals surface area contributed by atoms with Crippen LogP contribution in [0.1, 0.15) is 6.42 Å². The lowest BCUT2D eigenvalue weighted by Crippen LogP contribution is -2.36. The number of nitrogens with one attached hydrogen (secondary N) is 2. The van der Waals surface area contributed by atoms with Crippen LogP contribution in [0.3, 0.4) is 0 Å². The number of halogens is 1. The maximum Gasteiger partial charge on any atom is 0.298 e. The summed E-state index contributed by atoms with van der Waals surface area (Å²) in [6.45, 7) is 1.44. The van der Waals surface area contributed by atoms with Gasteiger partial charge in [-0.3, -0.25) is 13.7 Å². The van der Waals surface area contributed by atoms with Gasteiger partial charge < -0.3 is 25.0 Å². The molecule has 0 amide bonds. The van der Waals surface area contributed by atoms with Gasteiger partial charge in [0.2, 0.25) is 17.2 Å². The summed E-state index contributed by atoms with van der Waals surface area (Å²) in [7, 11) is -8.20. The lowest BCUT2D eigenvalue weighted by atomic mass is 10.1. The molecule has 1 aromatic heterocycles. The molecule has 0 aliphatic heterocycles. The fourth-order valence-corrected chi connectivity index (χ4v) is 6.47. The molecule has 264 valence electrons. The Labute approximate surface area is 285 Å². The number of aromatic nitrogens is 3. The summed E-state index contributed by atoms with van der Waals surface area (Å²) in [5.74, 6) is -1.31. The molecule has 0 aliphatic carbocycles. The zero-order valence-corrected chi connectivity index (χ0v) is 29.2. The summed E-state index contributed by atoms with van der Waals surface area (Å²) in [5.41, 5.74) is -1.50. The summed E-state index contributed by atoms with van der Waals surface area (Å²) in [6.07, 6.45) is 0.814. The van der Waals surface area contributed by atoms with Crippen molar-refractivity contribution in [2.24, 2.45) is 10.2 Å². The molecule has 0 atom stereocenters. The molecule has 0 spiro atoms. The van der Waals surface area contributed by atoms with E-state index in [9.17, 15) is 44.0 Å². The lowest BCUT2D eigenvalue weighted by Gasteiger charge is -2.23. The van der Waals surface area contributed by atoms with E-state index in [-0.39, 0.29) is 33.6 Å². The van der Waals surface area contributed by atoms with Crippen LogP contribution >= 0.6 is 11.6 Å². The van der Waals surface area contributed by atoms with Gasteiger partial charge in [0.1, 0.15) is 31.8 Å². The van der Waals surface area contributed by atoms with Crippen molar-refractivity contribution in [1.82, 2.24) is 15.0 Å². The molecule has 6 N–H and O–H groups in total. The molecule has 0 bridgehead atoms. The SMILES string of the molecule is COc1cc(S(=O)(=O)O)c(N=Nc2c(S(=O)(=O)O)cc3cc(Nc4nc(Cl)nc(NCCC[N+](C)(C)C)n4)ccc3c2O)cc1S(=O)(=O)O. The number of quaternary nitrogens is 1. The van der Waals surface area contributed by atoms with Crippen molar-refractivity contribution >= 4 is 81.7 Å². The van der Waals surface area contributed by atoms with Gasteiger partial charge in [-0.05, 0) is 47.3 Å². The topological polar surface area (TPSA) is 280 Å². The number of anilines is 3. The van der Waals surface area contributed by atoms with Crippen molar-refractivity contribution in [3.63, 3.8) is 0 Å². The highest BCUT2D eigenvalue weighted by Crippen LogP contribution is 2.43. The molecule has 23 heteroatoms. The van der Waals surface area contributed by atoms with Gasteiger partial charge in [-0.1, -0.05) is 0 Å². The van der Waals surface area contributed by atoms with E-state index in [0.29, 0.717) is 18.7 Å². The molecule has 0 radical (unpaired) electrons. The first-order chi connectivity index (χ1) is 22.6. The van der Waals surface area contributed by atoms with E-state index in [1.165, 1.54) is 18.2 Å². The monoisotopic (exact) mass is 761 g/mol. The smallest absolute Gasteiger partial charge is 0.298 e. The van der Waals surface area contributed by atoms with Crippen molar-refractivity contribution in [3.8, 4) is 11.5 Å². The summed E-state index contributed by atoms with van der Waals surface area (Å²) in [5, 5.41) is 24.0. The normalized spacial score (nSPS) is 12.8. The van der Waals surface area contributed by atoms with Crippen LogP contribution in [-0.2, 0) is 30.4 Å². The molecule has 1 heterocycles. The Morgan fingerprint density at radius 1 is 0.837 bits per heavy atom. The molecular formula is C26H30ClN8O11S3+. The number of phenolic OH excluding ortho intramolecular Hbond substituents is 1. The number of phenols is 1. The first-order valence-electron chi connectivity index (χ1n) is 13.7. The number of aromatic hydroxyl groups is 1. The Bertz CT molecular complexity index is 2300. The first kappa shape index (κ1) is 37.5. The average Bonchev–Trinajstić information content (AvgIpc) is 2.96. The van der Waals surface area contributed by atoms with Crippen molar-refractivity contribution in [2.45, 2.75) is 21.1 Å². The van der Waals surface area contributed by atoms with Crippen LogP contribution in [0, 0.1) is 0 Å². The molecule has 4 aromatic rings. The molecule has 0 saturated carbocycles. The van der Waals surface area contributed by atoms with Crippen LogP contribution in [0.15, 0.2) is 61.3 Å². The molecular weight excluding hydrogens is 732 g/mol. The minimum atomic E-state index is -5.15. The number of rotatable bonds is 13. The number of nitrogens with zero attached hydrogens (tertiary/aromatic N) is 6. The molecule has 0 fully saturated rings. The number of hydrogen-bond acceptors (Lipinski definition) is 15. The Kier molecular flexibility index (Phi) is 10.7. The van der Waals surface area contributed by atoms with E-state index < -0.39 is 67.9 Å². The third kappa shape index (κ3) is 9.45. The second kappa shape index (κ2) is 13.9. The van der Waals surface area contributed by atoms with Crippen molar-refractivity contribution in [2.75, 3.05) is 52.0 Å². The standard InChI is InChI=1S/C26H29ClN8O11S3/c1-35(2,3)9-5-8-28-25-30-24(27)31-26(32-25)29-15-6-7-16-14(10-15)11-21(49(43,44)45)22(23(16)36)34-33-17-12-20(48(40,41)42)18(46-4)13-19(17)47(37,38)39/h6-7,10-13H,5,8-9H2,1-4H3,(H5-,28,29,30,31,32,33,36,37,38,39,40,41,42,43,44,45)/p+1. The van der Waals surface area contributed by atoms with E-state index in [2.05, 4.69) is 57.0 Å². The molecule has 0 aliphatic rings. The lowest BCUT2D eigenvalue weighted by molar-refractivity contribution is -0.870. The number of fused-ring (bicyclic) bond motifs is 1. The predicted octanol–water partition coefficient (Wildman–Crippen LogP) is 3.80. The van der Waals surface area contributed by atoms with Crippen LogP contribution in [0.25, 0.3) is 10.8 Å². The van der Waals surface area contributed by atoms with Crippen LogP contribution in [-0.4, -0.2) is 105 Å². The summed E-state index contributed by atoms with van der Waals surface area (Å²) in [4.78, 5) is 9.34. The Morgan fingerprint density at radius 3 is 2.06 bits per heavy atom. The summed E-state index contributed by atoms with van der Waals surface area (Å²) >= 11 is 6.07. The van der Waals surface area contributed by atoms with Gasteiger partial charge in [-0.25, -0.2) is 0 Å². The van der Waals surface area contributed by atoms with Crippen molar-refractivity contribution in [1.29, 1.82) is 0 Å². The average molecular weight is 762 g/mol.